The van der Waals surface area contributed by atoms with E-state index in [2.05, 4.69) is 23.5 Å². The van der Waals surface area contributed by atoms with E-state index < -0.39 is 10.0 Å². The van der Waals surface area contributed by atoms with E-state index in [1.807, 2.05) is 0 Å². The summed E-state index contributed by atoms with van der Waals surface area (Å²) in [6.45, 7) is 6.23. The van der Waals surface area contributed by atoms with Crippen LogP contribution < -0.4 is 15.4 Å². The van der Waals surface area contributed by atoms with Crippen molar-refractivity contribution in [1.29, 1.82) is 0 Å². The molecule has 6 heteroatoms. The van der Waals surface area contributed by atoms with Crippen LogP contribution in [0.4, 0.5) is 11.4 Å². The van der Waals surface area contributed by atoms with Gasteiger partial charge in [-0.05, 0) is 37.1 Å². The zero-order chi connectivity index (χ0) is 14.2. The summed E-state index contributed by atoms with van der Waals surface area (Å²) in [5.41, 5.74) is 7.42. The van der Waals surface area contributed by atoms with Crippen molar-refractivity contribution in [3.63, 3.8) is 0 Å². The quantitative estimate of drug-likeness (QED) is 0.819. The minimum absolute atomic E-state index is 0.256. The van der Waals surface area contributed by atoms with Crippen molar-refractivity contribution in [3.05, 3.63) is 18.2 Å². The van der Waals surface area contributed by atoms with Crippen molar-refractivity contribution in [2.45, 2.75) is 18.7 Å². The van der Waals surface area contributed by atoms with Crippen molar-refractivity contribution in [1.82, 2.24) is 4.72 Å². The fourth-order valence-electron chi connectivity index (χ4n) is 2.41. The molecule has 2 rings (SSSR count). The number of nitrogens with zero attached hydrogens (tertiary/aromatic N) is 1. The van der Waals surface area contributed by atoms with E-state index in [1.165, 1.54) is 13.1 Å². The van der Waals surface area contributed by atoms with Gasteiger partial charge in [-0.1, -0.05) is 13.8 Å². The van der Waals surface area contributed by atoms with Crippen LogP contribution in [0.1, 0.15) is 13.8 Å². The van der Waals surface area contributed by atoms with Crippen LogP contribution >= 0.6 is 0 Å². The molecule has 0 spiro atoms. The summed E-state index contributed by atoms with van der Waals surface area (Å²) in [4.78, 5) is 2.42. The van der Waals surface area contributed by atoms with Gasteiger partial charge in [0, 0.05) is 13.1 Å². The average Bonchev–Trinajstić information content (AvgIpc) is 2.69. The lowest BCUT2D eigenvalue weighted by Gasteiger charge is -2.21. The highest BCUT2D eigenvalue weighted by Gasteiger charge is 2.28. The lowest BCUT2D eigenvalue weighted by Crippen LogP contribution is -2.23. The first-order chi connectivity index (χ1) is 8.85. The van der Waals surface area contributed by atoms with Gasteiger partial charge in [-0.15, -0.1) is 0 Å². The number of nitrogens with one attached hydrogen (secondary N) is 1. The summed E-state index contributed by atoms with van der Waals surface area (Å²) in [7, 11) is -2.02. The minimum atomic E-state index is -3.43. The number of rotatable bonds is 3. The third-order valence-corrected chi connectivity index (χ3v) is 5.32. The molecular formula is C13H21N3O2S. The van der Waals surface area contributed by atoms with Gasteiger partial charge in [0.1, 0.15) is 0 Å². The van der Waals surface area contributed by atoms with Gasteiger partial charge in [0.2, 0.25) is 10.0 Å². The van der Waals surface area contributed by atoms with Crippen molar-refractivity contribution in [3.8, 4) is 0 Å². The van der Waals surface area contributed by atoms with Crippen LogP contribution in [0.3, 0.4) is 0 Å². The molecule has 1 heterocycles. The largest absolute Gasteiger partial charge is 0.397 e. The predicted molar refractivity (Wildman–Crippen MR) is 77.6 cm³/mol. The Labute approximate surface area is 114 Å². The van der Waals surface area contributed by atoms with Crippen LogP contribution in [0, 0.1) is 11.8 Å². The molecule has 106 valence electrons. The Hall–Kier alpha value is -1.27. The number of hydrogen-bond donors (Lipinski definition) is 2. The summed E-state index contributed by atoms with van der Waals surface area (Å²) in [5, 5.41) is 0. The second-order valence-corrected chi connectivity index (χ2v) is 7.17. The maximum atomic E-state index is 11.8. The summed E-state index contributed by atoms with van der Waals surface area (Å²) >= 11 is 0. The molecule has 1 aromatic rings. The first-order valence-corrected chi connectivity index (χ1v) is 7.91. The van der Waals surface area contributed by atoms with E-state index in [9.17, 15) is 8.42 Å². The highest BCUT2D eigenvalue weighted by atomic mass is 32.2. The zero-order valence-corrected chi connectivity index (χ0v) is 12.4. The first kappa shape index (κ1) is 14.1. The van der Waals surface area contributed by atoms with Crippen molar-refractivity contribution in [2.24, 2.45) is 11.8 Å². The molecule has 0 bridgehead atoms. The molecule has 1 aromatic carbocycles. The predicted octanol–water partition coefficient (Wildman–Crippen LogP) is 1.27. The van der Waals surface area contributed by atoms with Crippen molar-refractivity contribution in [2.75, 3.05) is 30.8 Å². The van der Waals surface area contributed by atoms with Crippen LogP contribution in [-0.2, 0) is 10.0 Å². The van der Waals surface area contributed by atoms with Crippen LogP contribution in [-0.4, -0.2) is 28.6 Å². The molecule has 1 fully saturated rings. The SMILES string of the molecule is CNS(=O)(=O)c1ccc(N)c(N2CC(C)C(C)C2)c1. The Morgan fingerprint density at radius 3 is 2.37 bits per heavy atom. The Morgan fingerprint density at radius 2 is 1.84 bits per heavy atom. The van der Waals surface area contributed by atoms with Gasteiger partial charge in [0.25, 0.3) is 0 Å². The number of benzene rings is 1. The maximum absolute atomic E-state index is 11.8. The van der Waals surface area contributed by atoms with Crippen molar-refractivity contribution < 1.29 is 8.42 Å². The zero-order valence-electron chi connectivity index (χ0n) is 11.6. The topological polar surface area (TPSA) is 75.4 Å². The minimum Gasteiger partial charge on any atom is -0.397 e. The highest BCUT2D eigenvalue weighted by molar-refractivity contribution is 7.89. The van der Waals surface area contributed by atoms with Gasteiger partial charge in [-0.25, -0.2) is 13.1 Å². The van der Waals surface area contributed by atoms with Crippen molar-refractivity contribution >= 4 is 21.4 Å². The number of anilines is 2. The fourth-order valence-corrected chi connectivity index (χ4v) is 3.16. The van der Waals surface area contributed by atoms with E-state index in [0.29, 0.717) is 17.5 Å². The van der Waals surface area contributed by atoms with E-state index in [-0.39, 0.29) is 4.90 Å². The van der Waals surface area contributed by atoms with Crippen LogP contribution in [0.15, 0.2) is 23.1 Å². The van der Waals surface area contributed by atoms with Crippen LogP contribution in [0.2, 0.25) is 0 Å². The van der Waals surface area contributed by atoms with E-state index in [4.69, 9.17) is 5.73 Å². The van der Waals surface area contributed by atoms with Gasteiger partial charge in [-0.3, -0.25) is 0 Å². The van der Waals surface area contributed by atoms with Gasteiger partial charge >= 0.3 is 0 Å². The smallest absolute Gasteiger partial charge is 0.240 e. The standard InChI is InChI=1S/C13H21N3O2S/c1-9-7-16(8-10(9)2)13-6-11(4-5-12(13)14)19(17,18)15-3/h4-6,9-10,15H,7-8,14H2,1-3H3. The molecule has 0 aliphatic carbocycles. The highest BCUT2D eigenvalue weighted by Crippen LogP contribution is 2.33. The third-order valence-electron chi connectivity index (χ3n) is 3.91. The summed E-state index contributed by atoms with van der Waals surface area (Å²) in [6.07, 6.45) is 0. The second-order valence-electron chi connectivity index (χ2n) is 5.29. The number of hydrogen-bond acceptors (Lipinski definition) is 4. The fraction of sp³-hybridized carbons (Fsp3) is 0.538. The normalized spacial score (nSPS) is 23.8. The average molecular weight is 283 g/mol. The van der Waals surface area contributed by atoms with Gasteiger partial charge in [0.05, 0.1) is 16.3 Å². The summed E-state index contributed by atoms with van der Waals surface area (Å²) in [6, 6.07) is 4.85. The molecule has 3 N–H and O–H groups in total. The summed E-state index contributed by atoms with van der Waals surface area (Å²) in [5.74, 6) is 1.17. The molecule has 1 aliphatic heterocycles. The van der Waals surface area contributed by atoms with Gasteiger partial charge in [0.15, 0.2) is 0 Å². The second kappa shape index (κ2) is 5.02. The first-order valence-electron chi connectivity index (χ1n) is 6.43. The Bertz CT molecular complexity index is 561. The van der Waals surface area contributed by atoms with Gasteiger partial charge in [-0.2, -0.15) is 0 Å². The summed E-state index contributed by atoms with van der Waals surface area (Å²) < 4.78 is 26.0. The van der Waals surface area contributed by atoms with Crippen LogP contribution in [0.25, 0.3) is 0 Å². The lowest BCUT2D eigenvalue weighted by atomic mass is 10.0. The molecule has 1 saturated heterocycles. The Kier molecular flexibility index (Phi) is 3.73. The van der Waals surface area contributed by atoms with Crippen LogP contribution in [0.5, 0.6) is 0 Å². The van der Waals surface area contributed by atoms with Gasteiger partial charge < -0.3 is 10.6 Å². The lowest BCUT2D eigenvalue weighted by molar-refractivity contribution is 0.494. The number of nitrogens with two attached hydrogens (primary N) is 1. The molecule has 1 aliphatic rings. The molecule has 2 atom stereocenters. The van der Waals surface area contributed by atoms with E-state index in [1.54, 1.807) is 12.1 Å². The maximum Gasteiger partial charge on any atom is 0.240 e. The molecule has 2 unspecified atom stereocenters. The molecule has 0 radical (unpaired) electrons. The molecule has 5 nitrogen and oxygen atoms in total. The molecule has 0 amide bonds. The monoisotopic (exact) mass is 283 g/mol. The van der Waals surface area contributed by atoms with E-state index in [0.717, 1.165) is 18.8 Å². The molecule has 19 heavy (non-hydrogen) atoms. The third kappa shape index (κ3) is 2.69. The Morgan fingerprint density at radius 1 is 1.26 bits per heavy atom. The number of sulfonamides is 1. The molecule has 0 aromatic heterocycles. The van der Waals surface area contributed by atoms with E-state index >= 15 is 0 Å². The molecular weight excluding hydrogens is 262 g/mol. The number of nitrogen functional groups attached to an aromatic ring is 1. The Balaban J connectivity index is 2.39. The molecule has 0 saturated carbocycles.